The summed E-state index contributed by atoms with van der Waals surface area (Å²) >= 11 is 0. The lowest BCUT2D eigenvalue weighted by Gasteiger charge is -2.29. The average Bonchev–Trinajstić information content (AvgIpc) is 2.63. The van der Waals surface area contributed by atoms with Gasteiger partial charge < -0.3 is 0 Å². The molecule has 0 radical (unpaired) electrons. The smallest absolute Gasteiger partial charge is 0.294 e. The van der Waals surface area contributed by atoms with Crippen LogP contribution in [0.25, 0.3) is 22.2 Å². The van der Waals surface area contributed by atoms with E-state index < -0.39 is 17.1 Å². The third kappa shape index (κ3) is 2.61. The Morgan fingerprint density at radius 1 is 0.964 bits per heavy atom. The highest BCUT2D eigenvalue weighted by atomic mass is 19.1. The Kier molecular flexibility index (Phi) is 3.89. The van der Waals surface area contributed by atoms with Crippen LogP contribution in [0.15, 0.2) is 33.9 Å². The van der Waals surface area contributed by atoms with Crippen molar-refractivity contribution < 1.29 is 14.2 Å². The first kappa shape index (κ1) is 18.3. The molecule has 0 saturated carbocycles. The molecular formula is C21H21FN3O3+. The van der Waals surface area contributed by atoms with Gasteiger partial charge in [-0.25, -0.2) is 18.7 Å². The second-order valence-electron chi connectivity index (χ2n) is 8.23. The van der Waals surface area contributed by atoms with E-state index in [2.05, 4.69) is 4.98 Å². The quantitative estimate of drug-likeness (QED) is 0.646. The van der Waals surface area contributed by atoms with Gasteiger partial charge in [-0.15, -0.1) is 0 Å². The molecule has 0 bridgehead atoms. The lowest BCUT2D eigenvalue weighted by atomic mass is 9.73. The summed E-state index contributed by atoms with van der Waals surface area (Å²) < 4.78 is 15.9. The predicted octanol–water partition coefficient (Wildman–Crippen LogP) is 2.01. The van der Waals surface area contributed by atoms with E-state index in [4.69, 9.17) is 0 Å². The van der Waals surface area contributed by atoms with Gasteiger partial charge in [-0.05, 0) is 23.1 Å². The molecule has 144 valence electrons. The average molecular weight is 382 g/mol. The van der Waals surface area contributed by atoms with Crippen LogP contribution in [0.2, 0.25) is 0 Å². The maximum Gasteiger partial charge on any atom is 0.417 e. The second-order valence-corrected chi connectivity index (χ2v) is 8.23. The molecular weight excluding hydrogens is 361 g/mol. The molecule has 0 spiro atoms. The van der Waals surface area contributed by atoms with Crippen LogP contribution in [0, 0.1) is 11.2 Å². The van der Waals surface area contributed by atoms with E-state index >= 15 is 0 Å². The SMILES string of the molecule is Cn1c(=O)c2c(-c3ccc(F)cc3)c3c([nH+]c2n(C)c1=O)CC(C)(C)CC3=O. The maximum absolute atomic E-state index is 13.5. The first-order valence-corrected chi connectivity index (χ1v) is 9.08. The number of hydrogen-bond acceptors (Lipinski definition) is 3. The van der Waals surface area contributed by atoms with E-state index in [-0.39, 0.29) is 16.6 Å². The number of carbonyl (C=O) groups excluding carboxylic acids is 1. The van der Waals surface area contributed by atoms with Gasteiger partial charge in [-0.2, -0.15) is 4.57 Å². The van der Waals surface area contributed by atoms with Crippen LogP contribution in [0.1, 0.15) is 36.3 Å². The molecule has 0 atom stereocenters. The van der Waals surface area contributed by atoms with E-state index in [1.54, 1.807) is 19.2 Å². The number of rotatable bonds is 1. The first-order valence-electron chi connectivity index (χ1n) is 9.08. The molecule has 0 amide bonds. The van der Waals surface area contributed by atoms with E-state index in [1.165, 1.54) is 23.7 Å². The fourth-order valence-electron chi connectivity index (χ4n) is 4.11. The number of aryl methyl sites for hydroxylation is 1. The van der Waals surface area contributed by atoms with E-state index in [0.717, 1.165) is 4.57 Å². The topological polar surface area (TPSA) is 75.2 Å². The van der Waals surface area contributed by atoms with Gasteiger partial charge in [0.25, 0.3) is 11.2 Å². The Morgan fingerprint density at radius 3 is 2.25 bits per heavy atom. The zero-order chi connectivity index (χ0) is 20.4. The zero-order valence-corrected chi connectivity index (χ0v) is 16.2. The molecule has 1 aliphatic carbocycles. The van der Waals surface area contributed by atoms with Crippen molar-refractivity contribution in [1.29, 1.82) is 0 Å². The van der Waals surface area contributed by atoms with Gasteiger partial charge in [0.05, 0.1) is 12.6 Å². The summed E-state index contributed by atoms with van der Waals surface area (Å²) in [7, 11) is 2.99. The summed E-state index contributed by atoms with van der Waals surface area (Å²) in [6, 6.07) is 5.71. The third-order valence-corrected chi connectivity index (χ3v) is 5.44. The van der Waals surface area contributed by atoms with Crippen molar-refractivity contribution in [2.45, 2.75) is 26.7 Å². The first-order chi connectivity index (χ1) is 13.1. The van der Waals surface area contributed by atoms with Crippen LogP contribution >= 0.6 is 0 Å². The standard InChI is InChI=1S/C21H20FN3O3/c1-21(2)9-13-16(14(26)10-21)15(11-5-7-12(22)8-6-11)17-18(23-13)24(3)20(28)25(4)19(17)27/h5-8H,9-10H2,1-4H3/p+1. The van der Waals surface area contributed by atoms with Gasteiger partial charge in [-0.1, -0.05) is 26.0 Å². The van der Waals surface area contributed by atoms with Crippen molar-refractivity contribution in [1.82, 2.24) is 9.13 Å². The minimum atomic E-state index is -0.492. The van der Waals surface area contributed by atoms with E-state index in [9.17, 15) is 18.8 Å². The number of H-pyrrole nitrogens is 1. The van der Waals surface area contributed by atoms with Crippen LogP contribution < -0.4 is 16.2 Å². The summed E-state index contributed by atoms with van der Waals surface area (Å²) in [5.74, 6) is -0.475. The molecule has 0 unspecified atom stereocenters. The summed E-state index contributed by atoms with van der Waals surface area (Å²) in [5.41, 5.74) is 1.34. The summed E-state index contributed by atoms with van der Waals surface area (Å²) in [6.07, 6.45) is 0.946. The van der Waals surface area contributed by atoms with Crippen molar-refractivity contribution in [3.63, 3.8) is 0 Å². The summed E-state index contributed by atoms with van der Waals surface area (Å²) in [5, 5.41) is 0.253. The highest BCUT2D eigenvalue weighted by molar-refractivity contribution is 6.09. The van der Waals surface area contributed by atoms with Gasteiger partial charge in [0.2, 0.25) is 0 Å². The lowest BCUT2D eigenvalue weighted by Crippen LogP contribution is -2.42. The van der Waals surface area contributed by atoms with Crippen molar-refractivity contribution in [2.24, 2.45) is 19.5 Å². The highest BCUT2D eigenvalue weighted by Gasteiger charge is 2.38. The van der Waals surface area contributed by atoms with Crippen LogP contribution in [0.4, 0.5) is 4.39 Å². The monoisotopic (exact) mass is 382 g/mol. The fraction of sp³-hybridized carbons (Fsp3) is 0.333. The molecule has 6 nitrogen and oxygen atoms in total. The van der Waals surface area contributed by atoms with Crippen molar-refractivity contribution in [2.75, 3.05) is 0 Å². The number of hydrogen-bond donors (Lipinski definition) is 0. The second kappa shape index (κ2) is 5.95. The number of aromatic amines is 1. The van der Waals surface area contributed by atoms with Crippen LogP contribution in [-0.2, 0) is 20.5 Å². The lowest BCUT2D eigenvalue weighted by molar-refractivity contribution is -0.365. The van der Waals surface area contributed by atoms with Crippen molar-refractivity contribution in [3.8, 4) is 11.1 Å². The van der Waals surface area contributed by atoms with Crippen molar-refractivity contribution >= 4 is 16.8 Å². The molecule has 28 heavy (non-hydrogen) atoms. The molecule has 1 N–H and O–H groups in total. The highest BCUT2D eigenvalue weighted by Crippen LogP contribution is 2.39. The molecule has 0 saturated heterocycles. The van der Waals surface area contributed by atoms with Gasteiger partial charge in [0.15, 0.2) is 5.78 Å². The number of aromatic nitrogens is 3. The third-order valence-electron chi connectivity index (χ3n) is 5.44. The number of nitrogens with zero attached hydrogens (tertiary/aromatic N) is 2. The molecule has 7 heteroatoms. The number of pyridine rings is 1. The Balaban J connectivity index is 2.26. The van der Waals surface area contributed by atoms with E-state index in [0.29, 0.717) is 40.9 Å². The molecule has 3 aromatic rings. The Morgan fingerprint density at radius 2 is 1.61 bits per heavy atom. The van der Waals surface area contributed by atoms with Crippen LogP contribution in [0.3, 0.4) is 0 Å². The summed E-state index contributed by atoms with van der Waals surface area (Å²) in [4.78, 5) is 41.7. The molecule has 1 aromatic carbocycles. The number of nitrogens with one attached hydrogen (secondary N) is 1. The fourth-order valence-corrected chi connectivity index (χ4v) is 4.11. The minimum Gasteiger partial charge on any atom is -0.294 e. The maximum atomic E-state index is 13.5. The largest absolute Gasteiger partial charge is 0.417 e. The molecule has 4 rings (SSSR count). The number of halogens is 1. The molecule has 2 heterocycles. The molecule has 0 fully saturated rings. The number of fused-ring (bicyclic) bond motifs is 2. The van der Waals surface area contributed by atoms with Crippen LogP contribution in [0.5, 0.6) is 0 Å². The molecule has 0 aliphatic heterocycles. The normalized spacial score (nSPS) is 15.7. The Labute approximate surface area is 160 Å². The number of Topliss-reactive ketones (excluding diaryl/α,β-unsaturated/α-hetero) is 1. The number of carbonyl (C=O) groups is 1. The number of ketones is 1. The minimum absolute atomic E-state index is 0.0698. The van der Waals surface area contributed by atoms with E-state index in [1.807, 2.05) is 13.8 Å². The zero-order valence-electron chi connectivity index (χ0n) is 16.2. The summed E-state index contributed by atoms with van der Waals surface area (Å²) in [6.45, 7) is 4.01. The van der Waals surface area contributed by atoms with Gasteiger partial charge >= 0.3 is 5.69 Å². The Hall–Kier alpha value is -3.09. The van der Waals surface area contributed by atoms with Crippen LogP contribution in [-0.4, -0.2) is 14.9 Å². The Bertz CT molecular complexity index is 1270. The number of benzene rings is 1. The molecule has 2 aromatic heterocycles. The van der Waals surface area contributed by atoms with Gasteiger partial charge in [-0.3, -0.25) is 9.59 Å². The predicted molar refractivity (Wildman–Crippen MR) is 103 cm³/mol. The van der Waals surface area contributed by atoms with Crippen molar-refractivity contribution in [3.05, 3.63) is 62.2 Å². The van der Waals surface area contributed by atoms with Gasteiger partial charge in [0.1, 0.15) is 16.9 Å². The molecule has 1 aliphatic rings. The van der Waals surface area contributed by atoms with Gasteiger partial charge in [0, 0.05) is 25.5 Å².